The first-order valence-corrected chi connectivity index (χ1v) is 20.2. The van der Waals surface area contributed by atoms with E-state index in [1.807, 2.05) is 72.8 Å². The molecule has 2 heterocycles. The van der Waals surface area contributed by atoms with Gasteiger partial charge in [-0.3, -0.25) is 9.97 Å². The summed E-state index contributed by atoms with van der Waals surface area (Å²) in [5.41, 5.74) is 5.22. The molecule has 0 spiro atoms. The molecule has 0 atom stereocenters. The van der Waals surface area contributed by atoms with Crippen LogP contribution in [0.1, 0.15) is 152 Å². The summed E-state index contributed by atoms with van der Waals surface area (Å²) in [7, 11) is 0. The van der Waals surface area contributed by atoms with E-state index in [0.717, 1.165) is 71.2 Å². The van der Waals surface area contributed by atoms with Gasteiger partial charge in [-0.2, -0.15) is 0 Å². The highest BCUT2D eigenvalue weighted by molar-refractivity contribution is 5.56. The summed E-state index contributed by atoms with van der Waals surface area (Å²) >= 11 is 0. The molecule has 0 fully saturated rings. The van der Waals surface area contributed by atoms with Crippen molar-refractivity contribution >= 4 is 0 Å². The molecule has 0 radical (unpaired) electrons. The lowest BCUT2D eigenvalue weighted by Crippen LogP contribution is -1.97. The highest BCUT2D eigenvalue weighted by atomic mass is 16.5. The molecular formula is C48H60N2O2. The van der Waals surface area contributed by atoms with Gasteiger partial charge < -0.3 is 9.47 Å². The molecule has 0 saturated heterocycles. The van der Waals surface area contributed by atoms with Crippen molar-refractivity contribution in [2.24, 2.45) is 0 Å². The molecule has 52 heavy (non-hydrogen) atoms. The first-order valence-electron chi connectivity index (χ1n) is 20.2. The van der Waals surface area contributed by atoms with Crippen LogP contribution < -0.4 is 9.47 Å². The molecule has 4 heteroatoms. The summed E-state index contributed by atoms with van der Waals surface area (Å²) in [4.78, 5) is 9.21. The summed E-state index contributed by atoms with van der Waals surface area (Å²) < 4.78 is 11.9. The van der Waals surface area contributed by atoms with E-state index in [-0.39, 0.29) is 0 Å². The summed E-state index contributed by atoms with van der Waals surface area (Å²) in [5.74, 6) is 14.7. The second kappa shape index (κ2) is 25.4. The Labute approximate surface area is 315 Å². The van der Waals surface area contributed by atoms with Crippen LogP contribution in [0, 0.1) is 23.7 Å². The van der Waals surface area contributed by atoms with E-state index in [9.17, 15) is 0 Å². The van der Waals surface area contributed by atoms with Gasteiger partial charge in [-0.25, -0.2) is 0 Å². The number of rotatable bonds is 23. The highest BCUT2D eigenvalue weighted by Gasteiger charge is 2.02. The number of aromatic nitrogens is 2. The van der Waals surface area contributed by atoms with Crippen LogP contribution in [0.25, 0.3) is 11.4 Å². The molecule has 2 aromatic carbocycles. The van der Waals surface area contributed by atoms with Crippen molar-refractivity contribution in [1.82, 2.24) is 9.97 Å². The van der Waals surface area contributed by atoms with Crippen LogP contribution in [0.3, 0.4) is 0 Å². The third kappa shape index (κ3) is 16.7. The van der Waals surface area contributed by atoms with Crippen LogP contribution in [0.15, 0.2) is 85.2 Å². The van der Waals surface area contributed by atoms with Crippen molar-refractivity contribution < 1.29 is 9.47 Å². The Morgan fingerprint density at radius 1 is 0.365 bits per heavy atom. The second-order valence-electron chi connectivity index (χ2n) is 13.8. The fraction of sp³-hybridized carbons (Fsp3) is 0.458. The topological polar surface area (TPSA) is 44.2 Å². The van der Waals surface area contributed by atoms with E-state index >= 15 is 0 Å². The predicted octanol–water partition coefficient (Wildman–Crippen LogP) is 12.8. The largest absolute Gasteiger partial charge is 0.494 e. The first-order chi connectivity index (χ1) is 25.7. The molecule has 0 amide bonds. The molecule has 0 aliphatic carbocycles. The van der Waals surface area contributed by atoms with Crippen molar-refractivity contribution in [1.29, 1.82) is 0 Å². The molecule has 2 aromatic heterocycles. The number of nitrogens with zero attached hydrogens (tertiary/aromatic N) is 2. The van der Waals surface area contributed by atoms with Gasteiger partial charge >= 0.3 is 0 Å². The number of ether oxygens (including phenoxy) is 2. The zero-order valence-corrected chi connectivity index (χ0v) is 31.9. The number of benzene rings is 2. The van der Waals surface area contributed by atoms with Crippen LogP contribution in [0.2, 0.25) is 0 Å². The molecule has 0 N–H and O–H groups in total. The molecule has 0 aliphatic rings. The SMILES string of the molecule is CCCCCCCCCCCOc1ccc(C#Cc2ccc(-c3ccc(C#Cc4ccc(OCCCCCCCCCCC)cc4)cn3)nc2)cc1. The third-order valence-corrected chi connectivity index (χ3v) is 9.23. The maximum absolute atomic E-state index is 5.94. The van der Waals surface area contributed by atoms with E-state index in [1.165, 1.54) is 103 Å². The van der Waals surface area contributed by atoms with Crippen molar-refractivity contribution in [3.05, 3.63) is 107 Å². The van der Waals surface area contributed by atoms with Crippen LogP contribution in [-0.2, 0) is 0 Å². The Bertz CT molecular complexity index is 1510. The van der Waals surface area contributed by atoms with Gasteiger partial charge in [-0.1, -0.05) is 140 Å². The molecule has 274 valence electrons. The minimum absolute atomic E-state index is 0.772. The van der Waals surface area contributed by atoms with Gasteiger partial charge in [-0.15, -0.1) is 0 Å². The number of hydrogen-bond donors (Lipinski definition) is 0. The third-order valence-electron chi connectivity index (χ3n) is 9.23. The van der Waals surface area contributed by atoms with Crippen molar-refractivity contribution in [2.75, 3.05) is 13.2 Å². The zero-order valence-electron chi connectivity index (χ0n) is 31.9. The van der Waals surface area contributed by atoms with E-state index in [4.69, 9.17) is 9.47 Å². The monoisotopic (exact) mass is 696 g/mol. The van der Waals surface area contributed by atoms with Gasteiger partial charge in [0.25, 0.3) is 0 Å². The van der Waals surface area contributed by atoms with Crippen molar-refractivity contribution in [3.8, 4) is 46.6 Å². The lowest BCUT2D eigenvalue weighted by atomic mass is 10.1. The molecular weight excluding hydrogens is 637 g/mol. The smallest absolute Gasteiger partial charge is 0.119 e. The lowest BCUT2D eigenvalue weighted by Gasteiger charge is -2.06. The molecule has 4 aromatic rings. The molecule has 4 rings (SSSR count). The minimum Gasteiger partial charge on any atom is -0.494 e. The van der Waals surface area contributed by atoms with E-state index in [2.05, 4.69) is 47.5 Å². The van der Waals surface area contributed by atoms with E-state index in [1.54, 1.807) is 12.4 Å². The van der Waals surface area contributed by atoms with Gasteiger partial charge in [0.2, 0.25) is 0 Å². The Balaban J connectivity index is 1.13. The number of hydrogen-bond acceptors (Lipinski definition) is 4. The maximum atomic E-state index is 5.94. The fourth-order valence-electron chi connectivity index (χ4n) is 6.00. The standard InChI is InChI=1S/C48H60N2O2/c1-3-5-7-9-11-13-15-17-19-37-51-45-31-25-41(26-32-45)21-23-43-29-35-47(49-39-43)48-36-30-44(40-50-48)24-22-42-27-33-46(34-28-42)52-38-20-18-16-14-12-10-8-6-4-2/h25-36,39-40H,3-20,37-38H2,1-2H3. The summed E-state index contributed by atoms with van der Waals surface area (Å²) in [6, 6.07) is 23.9. The lowest BCUT2D eigenvalue weighted by molar-refractivity contribution is 0.304. The molecule has 0 unspecified atom stereocenters. The van der Waals surface area contributed by atoms with Crippen molar-refractivity contribution in [2.45, 2.75) is 129 Å². The summed E-state index contributed by atoms with van der Waals surface area (Å²) in [5, 5.41) is 0. The normalized spacial score (nSPS) is 10.6. The Morgan fingerprint density at radius 3 is 1.00 bits per heavy atom. The van der Waals surface area contributed by atoms with Crippen molar-refractivity contribution in [3.63, 3.8) is 0 Å². The zero-order chi connectivity index (χ0) is 36.3. The predicted molar refractivity (Wildman–Crippen MR) is 218 cm³/mol. The number of pyridine rings is 2. The number of unbranched alkanes of at least 4 members (excludes halogenated alkanes) is 16. The van der Waals surface area contributed by atoms with Crippen LogP contribution in [-0.4, -0.2) is 23.2 Å². The summed E-state index contributed by atoms with van der Waals surface area (Å²) in [6.07, 6.45) is 27.3. The Kier molecular flexibility index (Phi) is 19.7. The molecule has 0 saturated carbocycles. The highest BCUT2D eigenvalue weighted by Crippen LogP contribution is 2.17. The Morgan fingerprint density at radius 2 is 0.673 bits per heavy atom. The van der Waals surface area contributed by atoms with Gasteiger partial charge in [0.1, 0.15) is 11.5 Å². The average Bonchev–Trinajstić information content (AvgIpc) is 3.19. The van der Waals surface area contributed by atoms with Crippen LogP contribution in [0.4, 0.5) is 0 Å². The maximum Gasteiger partial charge on any atom is 0.119 e. The van der Waals surface area contributed by atoms with Gasteiger partial charge in [0.05, 0.1) is 24.6 Å². The first kappa shape index (κ1) is 40.2. The van der Waals surface area contributed by atoms with E-state index in [0.29, 0.717) is 0 Å². The van der Waals surface area contributed by atoms with Crippen LogP contribution in [0.5, 0.6) is 11.5 Å². The van der Waals surface area contributed by atoms with Crippen LogP contribution >= 0.6 is 0 Å². The fourth-order valence-corrected chi connectivity index (χ4v) is 6.00. The van der Waals surface area contributed by atoms with Gasteiger partial charge in [0, 0.05) is 34.6 Å². The molecule has 0 aliphatic heterocycles. The Hall–Kier alpha value is -4.54. The van der Waals surface area contributed by atoms with E-state index < -0.39 is 0 Å². The second-order valence-corrected chi connectivity index (χ2v) is 13.8. The molecule has 4 nitrogen and oxygen atoms in total. The molecule has 0 bridgehead atoms. The quantitative estimate of drug-likeness (QED) is 0.0572. The van der Waals surface area contributed by atoms with Gasteiger partial charge in [0.15, 0.2) is 0 Å². The summed E-state index contributed by atoms with van der Waals surface area (Å²) in [6.45, 7) is 6.08. The minimum atomic E-state index is 0.772. The van der Waals surface area contributed by atoms with Gasteiger partial charge in [-0.05, 0) is 85.6 Å². The average molecular weight is 697 g/mol.